The molecule has 1 amide bonds. The summed E-state index contributed by atoms with van der Waals surface area (Å²) >= 11 is 0. The van der Waals surface area contributed by atoms with E-state index in [0.29, 0.717) is 11.5 Å². The second kappa shape index (κ2) is 6.26. The van der Waals surface area contributed by atoms with Crippen molar-refractivity contribution in [3.63, 3.8) is 0 Å². The third kappa shape index (κ3) is 3.06. The molecule has 0 saturated heterocycles. The molecule has 3 aromatic rings. The number of rotatable bonds is 4. The van der Waals surface area contributed by atoms with Gasteiger partial charge in [-0.05, 0) is 48.4 Å². The van der Waals surface area contributed by atoms with Crippen LogP contribution in [0.1, 0.15) is 22.8 Å². The Labute approximate surface area is 128 Å². The number of amides is 1. The zero-order valence-electron chi connectivity index (χ0n) is 12.2. The van der Waals surface area contributed by atoms with Crippen molar-refractivity contribution in [3.8, 4) is 11.5 Å². The first-order valence-electron chi connectivity index (χ1n) is 7.16. The molecule has 1 heterocycles. The largest absolute Gasteiger partial charge is 0.445 e. The molecule has 4 heteroatoms. The van der Waals surface area contributed by atoms with Gasteiger partial charge in [0, 0.05) is 16.8 Å². The van der Waals surface area contributed by atoms with Crippen LogP contribution >= 0.6 is 0 Å². The van der Waals surface area contributed by atoms with Crippen LogP contribution in [0.2, 0.25) is 0 Å². The molecule has 22 heavy (non-hydrogen) atoms. The SMILES string of the molecule is CCc1cccc(C(=O)Nc2ccc(-c3ncco3)cc2)c1. The van der Waals surface area contributed by atoms with Gasteiger partial charge in [0.05, 0.1) is 6.20 Å². The topological polar surface area (TPSA) is 55.1 Å². The molecule has 0 unspecified atom stereocenters. The Morgan fingerprint density at radius 3 is 2.68 bits per heavy atom. The summed E-state index contributed by atoms with van der Waals surface area (Å²) in [5, 5.41) is 2.89. The number of carbonyl (C=O) groups excluding carboxylic acids is 1. The van der Waals surface area contributed by atoms with Crippen LogP contribution in [0.5, 0.6) is 0 Å². The molecule has 110 valence electrons. The van der Waals surface area contributed by atoms with Gasteiger partial charge in [-0.1, -0.05) is 19.1 Å². The number of aryl methyl sites for hydroxylation is 1. The van der Waals surface area contributed by atoms with E-state index in [1.807, 2.05) is 48.5 Å². The van der Waals surface area contributed by atoms with Crippen molar-refractivity contribution in [2.24, 2.45) is 0 Å². The van der Waals surface area contributed by atoms with Crippen LogP contribution in [0.15, 0.2) is 65.4 Å². The molecule has 4 nitrogen and oxygen atoms in total. The zero-order valence-corrected chi connectivity index (χ0v) is 12.2. The molecule has 0 spiro atoms. The Morgan fingerprint density at radius 2 is 2.00 bits per heavy atom. The monoisotopic (exact) mass is 292 g/mol. The fourth-order valence-corrected chi connectivity index (χ4v) is 2.20. The average Bonchev–Trinajstić information content (AvgIpc) is 3.10. The van der Waals surface area contributed by atoms with Crippen LogP contribution in [0.4, 0.5) is 5.69 Å². The van der Waals surface area contributed by atoms with Gasteiger partial charge in [-0.2, -0.15) is 0 Å². The van der Waals surface area contributed by atoms with E-state index >= 15 is 0 Å². The third-order valence-corrected chi connectivity index (χ3v) is 3.42. The molecule has 0 aliphatic heterocycles. The summed E-state index contributed by atoms with van der Waals surface area (Å²) in [6.07, 6.45) is 4.05. The number of benzene rings is 2. The molecule has 0 fully saturated rings. The van der Waals surface area contributed by atoms with Gasteiger partial charge in [-0.15, -0.1) is 0 Å². The standard InChI is InChI=1S/C18H16N2O2/c1-2-13-4-3-5-15(12-13)17(21)20-16-8-6-14(7-9-16)18-19-10-11-22-18/h3-12H,2H2,1H3,(H,20,21). The summed E-state index contributed by atoms with van der Waals surface area (Å²) in [6, 6.07) is 15.0. The molecule has 1 aromatic heterocycles. The van der Waals surface area contributed by atoms with Gasteiger partial charge < -0.3 is 9.73 Å². The highest BCUT2D eigenvalue weighted by Gasteiger charge is 2.07. The van der Waals surface area contributed by atoms with Crippen LogP contribution in [0.3, 0.4) is 0 Å². The lowest BCUT2D eigenvalue weighted by molar-refractivity contribution is 0.102. The first-order chi connectivity index (χ1) is 10.8. The second-order valence-corrected chi connectivity index (χ2v) is 4.92. The summed E-state index contributed by atoms with van der Waals surface area (Å²) in [6.45, 7) is 2.07. The lowest BCUT2D eigenvalue weighted by atomic mass is 10.1. The van der Waals surface area contributed by atoms with Crippen molar-refractivity contribution < 1.29 is 9.21 Å². The lowest BCUT2D eigenvalue weighted by Gasteiger charge is -2.07. The van der Waals surface area contributed by atoms with Crippen LogP contribution in [-0.2, 0) is 6.42 Å². The minimum atomic E-state index is -0.112. The van der Waals surface area contributed by atoms with E-state index in [1.54, 1.807) is 6.20 Å². The highest BCUT2D eigenvalue weighted by Crippen LogP contribution is 2.20. The number of hydrogen-bond donors (Lipinski definition) is 1. The predicted octanol–water partition coefficient (Wildman–Crippen LogP) is 4.16. The van der Waals surface area contributed by atoms with E-state index in [1.165, 1.54) is 6.26 Å². The minimum absolute atomic E-state index is 0.112. The van der Waals surface area contributed by atoms with E-state index in [2.05, 4.69) is 17.2 Å². The Bertz CT molecular complexity index is 762. The van der Waals surface area contributed by atoms with E-state index in [-0.39, 0.29) is 5.91 Å². The number of hydrogen-bond acceptors (Lipinski definition) is 3. The van der Waals surface area contributed by atoms with Crippen molar-refractivity contribution in [2.45, 2.75) is 13.3 Å². The quantitative estimate of drug-likeness (QED) is 0.785. The van der Waals surface area contributed by atoms with Gasteiger partial charge in [0.25, 0.3) is 5.91 Å². The van der Waals surface area contributed by atoms with Crippen molar-refractivity contribution >= 4 is 11.6 Å². The molecule has 3 rings (SSSR count). The molecular weight excluding hydrogens is 276 g/mol. The smallest absolute Gasteiger partial charge is 0.255 e. The van der Waals surface area contributed by atoms with Gasteiger partial charge in [0.1, 0.15) is 6.26 Å². The summed E-state index contributed by atoms with van der Waals surface area (Å²) in [4.78, 5) is 16.3. The maximum Gasteiger partial charge on any atom is 0.255 e. The van der Waals surface area contributed by atoms with E-state index in [9.17, 15) is 4.79 Å². The van der Waals surface area contributed by atoms with Crippen LogP contribution in [-0.4, -0.2) is 10.9 Å². The first kappa shape index (κ1) is 14.1. The summed E-state index contributed by atoms with van der Waals surface area (Å²) in [5.41, 5.74) is 3.42. The zero-order chi connectivity index (χ0) is 15.4. The number of oxazole rings is 1. The number of anilines is 1. The Morgan fingerprint density at radius 1 is 1.18 bits per heavy atom. The molecule has 1 N–H and O–H groups in total. The molecule has 0 saturated carbocycles. The molecule has 0 aliphatic rings. The van der Waals surface area contributed by atoms with Gasteiger partial charge in [0.15, 0.2) is 0 Å². The average molecular weight is 292 g/mol. The Kier molecular flexibility index (Phi) is 4.01. The number of nitrogens with zero attached hydrogens (tertiary/aromatic N) is 1. The molecule has 0 radical (unpaired) electrons. The van der Waals surface area contributed by atoms with Crippen molar-refractivity contribution in [2.75, 3.05) is 5.32 Å². The molecule has 0 atom stereocenters. The van der Waals surface area contributed by atoms with Crippen molar-refractivity contribution in [3.05, 3.63) is 72.1 Å². The lowest BCUT2D eigenvalue weighted by Crippen LogP contribution is -2.12. The van der Waals surface area contributed by atoms with E-state index in [4.69, 9.17) is 4.42 Å². The van der Waals surface area contributed by atoms with Crippen molar-refractivity contribution in [1.82, 2.24) is 4.98 Å². The Hall–Kier alpha value is -2.88. The van der Waals surface area contributed by atoms with Gasteiger partial charge in [-0.3, -0.25) is 4.79 Å². The molecule has 0 aliphatic carbocycles. The number of nitrogens with one attached hydrogen (secondary N) is 1. The minimum Gasteiger partial charge on any atom is -0.445 e. The van der Waals surface area contributed by atoms with Crippen LogP contribution in [0, 0.1) is 0 Å². The van der Waals surface area contributed by atoms with Crippen molar-refractivity contribution in [1.29, 1.82) is 0 Å². The fraction of sp³-hybridized carbons (Fsp3) is 0.111. The highest BCUT2D eigenvalue weighted by molar-refractivity contribution is 6.04. The van der Waals surface area contributed by atoms with Gasteiger partial charge in [0.2, 0.25) is 5.89 Å². The normalized spacial score (nSPS) is 10.4. The summed E-state index contributed by atoms with van der Waals surface area (Å²) in [5.74, 6) is 0.452. The third-order valence-electron chi connectivity index (χ3n) is 3.42. The first-order valence-corrected chi connectivity index (χ1v) is 7.16. The Balaban J connectivity index is 1.74. The van der Waals surface area contributed by atoms with Gasteiger partial charge in [-0.25, -0.2) is 4.98 Å². The predicted molar refractivity (Wildman–Crippen MR) is 85.7 cm³/mol. The highest BCUT2D eigenvalue weighted by atomic mass is 16.3. The molecule has 0 bridgehead atoms. The maximum atomic E-state index is 12.3. The summed E-state index contributed by atoms with van der Waals surface area (Å²) < 4.78 is 5.24. The number of aromatic nitrogens is 1. The van der Waals surface area contributed by atoms with E-state index in [0.717, 1.165) is 23.2 Å². The molecule has 2 aromatic carbocycles. The second-order valence-electron chi connectivity index (χ2n) is 4.92. The van der Waals surface area contributed by atoms with E-state index < -0.39 is 0 Å². The summed E-state index contributed by atoms with van der Waals surface area (Å²) in [7, 11) is 0. The fourth-order valence-electron chi connectivity index (χ4n) is 2.20. The maximum absolute atomic E-state index is 12.3. The van der Waals surface area contributed by atoms with Crippen LogP contribution < -0.4 is 5.32 Å². The van der Waals surface area contributed by atoms with Gasteiger partial charge >= 0.3 is 0 Å². The number of carbonyl (C=O) groups is 1. The van der Waals surface area contributed by atoms with Crippen LogP contribution in [0.25, 0.3) is 11.5 Å². The molecular formula is C18H16N2O2.